The quantitative estimate of drug-likeness (QED) is 0.438. The van der Waals surface area contributed by atoms with Crippen LogP contribution in [-0.4, -0.2) is 64.7 Å². The Hall–Kier alpha value is -2.92. The van der Waals surface area contributed by atoms with Crippen molar-refractivity contribution in [2.45, 2.75) is 23.6 Å². The second kappa shape index (κ2) is 10.8. The molecule has 11 heteroatoms. The van der Waals surface area contributed by atoms with Crippen molar-refractivity contribution in [2.75, 3.05) is 37.0 Å². The smallest absolute Gasteiger partial charge is 0.264 e. The van der Waals surface area contributed by atoms with Gasteiger partial charge in [-0.2, -0.15) is 4.31 Å². The number of hydrogen-bond acceptors (Lipinski definition) is 5. The van der Waals surface area contributed by atoms with Crippen LogP contribution in [0.5, 0.6) is 0 Å². The summed E-state index contributed by atoms with van der Waals surface area (Å²) in [6.45, 7) is 3.80. The van der Waals surface area contributed by atoms with E-state index >= 15 is 0 Å². The third-order valence-electron chi connectivity index (χ3n) is 6.31. The first kappa shape index (κ1) is 27.1. The first-order chi connectivity index (χ1) is 17.5. The normalized spacial score (nSPS) is 14.9. The van der Waals surface area contributed by atoms with Crippen molar-refractivity contribution in [3.8, 4) is 0 Å². The molecular weight excluding hydrogens is 534 g/mol. The Labute approximate surface area is 223 Å². The maximum Gasteiger partial charge on any atom is 0.264 e. The van der Waals surface area contributed by atoms with Gasteiger partial charge in [0.25, 0.3) is 10.0 Å². The molecule has 3 aromatic carbocycles. The van der Waals surface area contributed by atoms with Crippen LogP contribution >= 0.6 is 11.6 Å². The van der Waals surface area contributed by atoms with Gasteiger partial charge in [-0.05, 0) is 61.9 Å². The van der Waals surface area contributed by atoms with Crippen LogP contribution < -0.4 is 4.31 Å². The standard InChI is InChI=1S/C26H28ClN3O5S2/c1-20-7-11-23(12-8-20)36(32,33)29-17-15-28(16-18-29)26(31)19-30(25-6-4-3-5-21(25)2)37(34,35)24-13-9-22(27)10-14-24/h3-14H,15-19H2,1-2H3. The lowest BCUT2D eigenvalue weighted by molar-refractivity contribution is -0.130. The number of aryl methyl sites for hydroxylation is 2. The predicted octanol–water partition coefficient (Wildman–Crippen LogP) is 3.69. The summed E-state index contributed by atoms with van der Waals surface area (Å²) in [7, 11) is -7.76. The van der Waals surface area contributed by atoms with E-state index in [1.165, 1.54) is 33.5 Å². The van der Waals surface area contributed by atoms with Gasteiger partial charge < -0.3 is 4.90 Å². The number of para-hydroxylation sites is 1. The van der Waals surface area contributed by atoms with E-state index in [0.717, 1.165) is 9.87 Å². The Balaban J connectivity index is 1.53. The molecule has 8 nitrogen and oxygen atoms in total. The summed E-state index contributed by atoms with van der Waals surface area (Å²) in [5.74, 6) is -0.409. The molecule has 0 unspecified atom stereocenters. The Kier molecular flexibility index (Phi) is 7.94. The fourth-order valence-corrected chi connectivity index (χ4v) is 7.16. The molecule has 1 saturated heterocycles. The molecule has 196 valence electrons. The van der Waals surface area contributed by atoms with Crippen molar-refractivity contribution in [3.05, 3.63) is 88.9 Å². The van der Waals surface area contributed by atoms with Gasteiger partial charge in [0.1, 0.15) is 6.54 Å². The van der Waals surface area contributed by atoms with Gasteiger partial charge in [0.15, 0.2) is 0 Å². The van der Waals surface area contributed by atoms with Crippen LogP contribution in [0, 0.1) is 13.8 Å². The van der Waals surface area contributed by atoms with Gasteiger partial charge in [0.2, 0.25) is 15.9 Å². The maximum atomic E-state index is 13.6. The minimum Gasteiger partial charge on any atom is -0.338 e. The van der Waals surface area contributed by atoms with E-state index in [9.17, 15) is 21.6 Å². The second-order valence-electron chi connectivity index (χ2n) is 8.85. The van der Waals surface area contributed by atoms with E-state index in [0.29, 0.717) is 16.3 Å². The summed E-state index contributed by atoms with van der Waals surface area (Å²) < 4.78 is 55.7. The van der Waals surface area contributed by atoms with Gasteiger partial charge in [0, 0.05) is 31.2 Å². The first-order valence-electron chi connectivity index (χ1n) is 11.7. The lowest BCUT2D eigenvalue weighted by atomic mass is 10.2. The van der Waals surface area contributed by atoms with Crippen LogP contribution in [0.2, 0.25) is 5.02 Å². The molecule has 0 saturated carbocycles. The fourth-order valence-electron chi connectivity index (χ4n) is 4.14. The molecule has 3 aromatic rings. The number of halogens is 1. The predicted molar refractivity (Wildman–Crippen MR) is 144 cm³/mol. The number of piperazine rings is 1. The van der Waals surface area contributed by atoms with Crippen molar-refractivity contribution < 1.29 is 21.6 Å². The highest BCUT2D eigenvalue weighted by molar-refractivity contribution is 7.92. The number of benzene rings is 3. The summed E-state index contributed by atoms with van der Waals surface area (Å²) in [5.41, 5.74) is 2.05. The Morgan fingerprint density at radius 1 is 0.811 bits per heavy atom. The van der Waals surface area contributed by atoms with Gasteiger partial charge in [-0.25, -0.2) is 16.8 Å². The number of amides is 1. The Bertz CT molecular complexity index is 1480. The van der Waals surface area contributed by atoms with Crippen LogP contribution in [0.4, 0.5) is 5.69 Å². The third-order valence-corrected chi connectivity index (χ3v) is 10.3. The summed E-state index contributed by atoms with van der Waals surface area (Å²) in [5, 5.41) is 0.399. The average Bonchev–Trinajstić information content (AvgIpc) is 2.88. The lowest BCUT2D eigenvalue weighted by Gasteiger charge is -2.35. The molecule has 1 aliphatic heterocycles. The number of hydrogen-bond donors (Lipinski definition) is 0. The van der Waals surface area contributed by atoms with Gasteiger partial charge >= 0.3 is 0 Å². The highest BCUT2D eigenvalue weighted by Gasteiger charge is 2.33. The zero-order valence-corrected chi connectivity index (χ0v) is 22.9. The van der Waals surface area contributed by atoms with Crippen LogP contribution in [0.25, 0.3) is 0 Å². The van der Waals surface area contributed by atoms with E-state index in [1.807, 2.05) is 6.92 Å². The molecule has 1 amide bonds. The molecule has 0 N–H and O–H groups in total. The molecule has 4 rings (SSSR count). The van der Waals surface area contributed by atoms with E-state index in [1.54, 1.807) is 55.5 Å². The van der Waals surface area contributed by atoms with E-state index in [-0.39, 0.29) is 36.0 Å². The summed E-state index contributed by atoms with van der Waals surface area (Å²) in [6.07, 6.45) is 0. The minimum atomic E-state index is -4.08. The highest BCUT2D eigenvalue weighted by Crippen LogP contribution is 2.28. The molecule has 0 aliphatic carbocycles. The molecule has 1 fully saturated rings. The Morgan fingerprint density at radius 3 is 1.97 bits per heavy atom. The van der Waals surface area contributed by atoms with E-state index in [2.05, 4.69) is 0 Å². The number of rotatable bonds is 7. The number of sulfonamides is 2. The summed E-state index contributed by atoms with van der Waals surface area (Å²) in [6, 6.07) is 19.4. The van der Waals surface area contributed by atoms with Crippen LogP contribution in [0.15, 0.2) is 82.6 Å². The molecule has 0 spiro atoms. The van der Waals surface area contributed by atoms with Crippen LogP contribution in [-0.2, 0) is 24.8 Å². The molecule has 0 aromatic heterocycles. The first-order valence-corrected chi connectivity index (χ1v) is 14.9. The third kappa shape index (κ3) is 5.82. The second-order valence-corrected chi connectivity index (χ2v) is 13.1. The van der Waals surface area contributed by atoms with Gasteiger partial charge in [-0.3, -0.25) is 9.10 Å². The summed E-state index contributed by atoms with van der Waals surface area (Å²) >= 11 is 5.94. The molecule has 0 atom stereocenters. The number of anilines is 1. The highest BCUT2D eigenvalue weighted by atomic mass is 35.5. The molecular formula is C26H28ClN3O5S2. The zero-order valence-electron chi connectivity index (χ0n) is 20.5. The van der Waals surface area contributed by atoms with Crippen LogP contribution in [0.3, 0.4) is 0 Å². The van der Waals surface area contributed by atoms with E-state index in [4.69, 9.17) is 11.6 Å². The zero-order chi connectivity index (χ0) is 26.8. The molecule has 0 bridgehead atoms. The van der Waals surface area contributed by atoms with Crippen molar-refractivity contribution in [3.63, 3.8) is 0 Å². The van der Waals surface area contributed by atoms with Crippen molar-refractivity contribution >= 4 is 43.2 Å². The van der Waals surface area contributed by atoms with Crippen LogP contribution in [0.1, 0.15) is 11.1 Å². The Morgan fingerprint density at radius 2 is 1.38 bits per heavy atom. The molecule has 1 aliphatic rings. The molecule has 0 radical (unpaired) electrons. The number of nitrogens with zero attached hydrogens (tertiary/aromatic N) is 3. The van der Waals surface area contributed by atoms with Crippen molar-refractivity contribution in [1.82, 2.24) is 9.21 Å². The topological polar surface area (TPSA) is 95.1 Å². The van der Waals surface area contributed by atoms with Gasteiger partial charge in [0.05, 0.1) is 15.5 Å². The van der Waals surface area contributed by atoms with Crippen molar-refractivity contribution in [2.24, 2.45) is 0 Å². The number of carbonyl (C=O) groups is 1. The SMILES string of the molecule is Cc1ccc(S(=O)(=O)N2CCN(C(=O)CN(c3ccccc3C)S(=O)(=O)c3ccc(Cl)cc3)CC2)cc1. The van der Waals surface area contributed by atoms with Gasteiger partial charge in [-0.1, -0.05) is 47.5 Å². The lowest BCUT2D eigenvalue weighted by Crippen LogP contribution is -2.53. The van der Waals surface area contributed by atoms with Crippen molar-refractivity contribution in [1.29, 1.82) is 0 Å². The van der Waals surface area contributed by atoms with Gasteiger partial charge in [-0.15, -0.1) is 0 Å². The minimum absolute atomic E-state index is 0.0157. The molecule has 37 heavy (non-hydrogen) atoms. The average molecular weight is 562 g/mol. The fraction of sp³-hybridized carbons (Fsp3) is 0.269. The monoisotopic (exact) mass is 561 g/mol. The number of carbonyl (C=O) groups excluding carboxylic acids is 1. The maximum absolute atomic E-state index is 13.6. The molecule has 1 heterocycles. The van der Waals surface area contributed by atoms with E-state index < -0.39 is 32.5 Å². The largest absolute Gasteiger partial charge is 0.338 e. The summed E-state index contributed by atoms with van der Waals surface area (Å²) in [4.78, 5) is 15.0.